The number of thiophene rings is 1. The number of alkyl halides is 2. The van der Waals surface area contributed by atoms with Gasteiger partial charge in [0.25, 0.3) is 0 Å². The highest BCUT2D eigenvalue weighted by Gasteiger charge is 2.53. The van der Waals surface area contributed by atoms with E-state index in [0.29, 0.717) is 11.3 Å². The van der Waals surface area contributed by atoms with Crippen LogP contribution < -0.4 is 10.5 Å². The zero-order valence-corrected chi connectivity index (χ0v) is 21.1. The molecule has 0 unspecified atom stereocenters. The van der Waals surface area contributed by atoms with Crippen molar-refractivity contribution in [2.24, 2.45) is 5.73 Å². The fourth-order valence-corrected chi connectivity index (χ4v) is 6.49. The third kappa shape index (κ3) is 4.86. The predicted octanol–water partition coefficient (Wildman–Crippen LogP) is 4.52. The lowest BCUT2D eigenvalue weighted by atomic mass is 10.1. The van der Waals surface area contributed by atoms with E-state index in [1.165, 1.54) is 24.3 Å². The van der Waals surface area contributed by atoms with Crippen LogP contribution in [0.5, 0.6) is 5.75 Å². The van der Waals surface area contributed by atoms with E-state index >= 15 is 0 Å². The number of rotatable bonds is 7. The molecule has 3 aromatic rings. The van der Waals surface area contributed by atoms with Crippen molar-refractivity contribution in [1.82, 2.24) is 0 Å². The van der Waals surface area contributed by atoms with Gasteiger partial charge in [0.2, 0.25) is 5.91 Å². The van der Waals surface area contributed by atoms with Crippen molar-refractivity contribution < 1.29 is 41.1 Å². The van der Waals surface area contributed by atoms with Crippen LogP contribution in [-0.2, 0) is 26.7 Å². The van der Waals surface area contributed by atoms with Gasteiger partial charge in [0, 0.05) is 21.7 Å². The van der Waals surface area contributed by atoms with Crippen LogP contribution in [0.2, 0.25) is 0 Å². The van der Waals surface area contributed by atoms with Crippen molar-refractivity contribution in [2.45, 2.75) is 17.2 Å². The summed E-state index contributed by atoms with van der Waals surface area (Å²) in [6.45, 7) is 6.99. The van der Waals surface area contributed by atoms with Crippen LogP contribution in [0.25, 0.3) is 14.9 Å². The summed E-state index contributed by atoms with van der Waals surface area (Å²) < 4.78 is 69.1. The molecule has 0 radical (unpaired) electrons. The highest BCUT2D eigenvalue weighted by atomic mass is 79.9. The number of fused-ring (bicyclic) bond motifs is 1. The Morgan fingerprint density at radius 3 is 2.50 bits per heavy atom. The van der Waals surface area contributed by atoms with Gasteiger partial charge in [-0.05, 0) is 45.8 Å². The summed E-state index contributed by atoms with van der Waals surface area (Å²) >= 11 is 3.28. The van der Waals surface area contributed by atoms with Gasteiger partial charge in [0.05, 0.1) is 16.2 Å². The average molecular weight is 595 g/mol. The summed E-state index contributed by atoms with van der Waals surface area (Å²) in [6.07, 6.45) is 0.984. The second-order valence-corrected chi connectivity index (χ2v) is 12.5. The molecule has 180 valence electrons. The monoisotopic (exact) mass is 594 g/mol. The average Bonchev–Trinajstić information content (AvgIpc) is 3.07. The van der Waals surface area contributed by atoms with Gasteiger partial charge in [-0.2, -0.15) is 8.78 Å². The first-order valence-electron chi connectivity index (χ1n) is 8.91. The maximum Gasteiger partial charge on any atom is 0.400 e. The number of hydrogen-bond donors (Lipinski definition) is 3. The lowest BCUT2D eigenvalue weighted by Crippen LogP contribution is -2.12. The summed E-state index contributed by atoms with van der Waals surface area (Å²) in [4.78, 5) is 32.2. The highest BCUT2D eigenvalue weighted by Crippen LogP contribution is 2.63. The Kier molecular flexibility index (Phi) is 6.93. The van der Waals surface area contributed by atoms with Crippen LogP contribution in [0.15, 0.2) is 39.7 Å². The van der Waals surface area contributed by atoms with E-state index in [4.69, 9.17) is 26.8 Å². The third-order valence-corrected chi connectivity index (χ3v) is 9.20. The van der Waals surface area contributed by atoms with E-state index < -0.39 is 33.9 Å². The molecule has 15 heteroatoms. The molecule has 0 bridgehead atoms. The van der Waals surface area contributed by atoms with Gasteiger partial charge < -0.3 is 20.3 Å². The van der Waals surface area contributed by atoms with Gasteiger partial charge in [-0.3, -0.25) is 9.36 Å². The molecule has 0 saturated heterocycles. The number of carbonyl (C=O) groups is 1. The number of primary amides is 1. The molecule has 0 spiro atoms. The zero-order chi connectivity index (χ0) is 25.6. The zero-order valence-electron chi connectivity index (χ0n) is 17.0. The minimum Gasteiger partial charge on any atom is -0.489 e. The highest BCUT2D eigenvalue weighted by molar-refractivity contribution is 9.10. The molecule has 0 aliphatic carbocycles. The number of sulfone groups is 1. The van der Waals surface area contributed by atoms with Crippen LogP contribution in [0.4, 0.5) is 14.5 Å². The Morgan fingerprint density at radius 1 is 1.32 bits per heavy atom. The lowest BCUT2D eigenvalue weighted by molar-refractivity contribution is 0.0595. The fourth-order valence-electron chi connectivity index (χ4n) is 2.87. The molecule has 1 amide bonds. The van der Waals surface area contributed by atoms with Crippen molar-refractivity contribution in [3.05, 3.63) is 62.2 Å². The number of benzene rings is 2. The van der Waals surface area contributed by atoms with E-state index in [2.05, 4.69) is 20.8 Å². The van der Waals surface area contributed by atoms with E-state index in [-0.39, 0.29) is 48.6 Å². The van der Waals surface area contributed by atoms with Crippen LogP contribution in [0, 0.1) is 6.57 Å². The Hall–Kier alpha value is -2.40. The largest absolute Gasteiger partial charge is 0.489 e. The molecule has 34 heavy (non-hydrogen) atoms. The summed E-state index contributed by atoms with van der Waals surface area (Å²) in [5.74, 6) is -1.01. The van der Waals surface area contributed by atoms with Crippen molar-refractivity contribution in [3.8, 4) is 5.75 Å². The summed E-state index contributed by atoms with van der Waals surface area (Å²) in [5, 5.41) is 0.0113. The van der Waals surface area contributed by atoms with E-state index in [1.807, 2.05) is 0 Å². The van der Waals surface area contributed by atoms with E-state index in [0.717, 1.165) is 12.3 Å². The molecule has 0 atom stereocenters. The number of hydrogen-bond acceptors (Lipinski definition) is 6. The minimum atomic E-state index is -5.88. The molecule has 1 heterocycles. The molecule has 0 saturated carbocycles. The first-order chi connectivity index (χ1) is 15.6. The van der Waals surface area contributed by atoms with Gasteiger partial charge >= 0.3 is 13.3 Å². The number of halogens is 3. The third-order valence-electron chi connectivity index (χ3n) is 4.61. The van der Waals surface area contributed by atoms with Crippen LogP contribution in [-0.4, -0.2) is 30.4 Å². The standard InChI is InChI=1S/C19H14BrF2N2O7PS2/c1-24-13-7-11(34(2,29)30)4-3-9(13)8-31-14-6-10(18(23)25)5-12-15(20)17(33-16(12)14)19(21,22)32(26,27)28/h3-7H,8H2,2H3,(H2,23,25)(H2,26,27,28). The molecule has 1 aromatic heterocycles. The van der Waals surface area contributed by atoms with Crippen LogP contribution >= 0.6 is 34.9 Å². The smallest absolute Gasteiger partial charge is 0.400 e. The second kappa shape index (κ2) is 8.99. The molecule has 9 nitrogen and oxygen atoms in total. The molecule has 3 rings (SSSR count). The SMILES string of the molecule is [C-]#[N+]c1cc(S(C)(=O)=O)ccc1COc1cc(C(N)=O)cc2c(Br)c(C(F)(F)P(=O)(O)O)sc12. The van der Waals surface area contributed by atoms with Gasteiger partial charge in [-0.25, -0.2) is 13.3 Å². The van der Waals surface area contributed by atoms with Crippen LogP contribution in [0.3, 0.4) is 0 Å². The number of nitrogens with two attached hydrogens (primary N) is 1. The topological polar surface area (TPSA) is 148 Å². The number of nitrogens with zero attached hydrogens (tertiary/aromatic N) is 1. The molecular formula is C19H14BrF2N2O7PS2. The van der Waals surface area contributed by atoms with Gasteiger partial charge in [-0.15, -0.1) is 11.3 Å². The fraction of sp³-hybridized carbons (Fsp3) is 0.158. The van der Waals surface area contributed by atoms with Crippen molar-refractivity contribution in [2.75, 3.05) is 6.26 Å². The molecular weight excluding hydrogens is 581 g/mol. The molecule has 2 aromatic carbocycles. The van der Waals surface area contributed by atoms with E-state index in [1.54, 1.807) is 0 Å². The lowest BCUT2D eigenvalue weighted by Gasteiger charge is -2.16. The van der Waals surface area contributed by atoms with E-state index in [9.17, 15) is 26.6 Å². The van der Waals surface area contributed by atoms with Crippen molar-refractivity contribution >= 4 is 66.4 Å². The van der Waals surface area contributed by atoms with Gasteiger partial charge in [0.1, 0.15) is 17.2 Å². The first-order valence-corrected chi connectivity index (χ1v) is 14.0. The molecule has 0 fully saturated rings. The first kappa shape index (κ1) is 26.2. The maximum absolute atomic E-state index is 14.4. The molecule has 4 N–H and O–H groups in total. The molecule has 0 aliphatic heterocycles. The maximum atomic E-state index is 14.4. The summed E-state index contributed by atoms with van der Waals surface area (Å²) in [6, 6.07) is 6.15. The quantitative estimate of drug-likeness (QED) is 0.269. The second-order valence-electron chi connectivity index (χ2n) is 7.01. The summed E-state index contributed by atoms with van der Waals surface area (Å²) in [5.41, 5.74) is 0.937. The molecule has 0 aliphatic rings. The van der Waals surface area contributed by atoms with Gasteiger partial charge in [-0.1, -0.05) is 6.07 Å². The Labute approximate surface area is 204 Å². The number of ether oxygens (including phenoxy) is 1. The number of amides is 1. The predicted molar refractivity (Wildman–Crippen MR) is 124 cm³/mol. The van der Waals surface area contributed by atoms with Crippen molar-refractivity contribution in [1.29, 1.82) is 0 Å². The Balaban J connectivity index is 2.13. The van der Waals surface area contributed by atoms with Crippen molar-refractivity contribution in [3.63, 3.8) is 0 Å². The Morgan fingerprint density at radius 2 is 1.97 bits per heavy atom. The van der Waals surface area contributed by atoms with Gasteiger partial charge in [0.15, 0.2) is 15.5 Å². The number of carbonyl (C=O) groups excluding carboxylic acids is 1. The van der Waals surface area contributed by atoms with Crippen LogP contribution in [0.1, 0.15) is 20.8 Å². The minimum absolute atomic E-state index is 0.0113. The Bertz CT molecular complexity index is 1530. The summed E-state index contributed by atoms with van der Waals surface area (Å²) in [7, 11) is -9.44. The normalized spacial score (nSPS) is 12.5.